The van der Waals surface area contributed by atoms with E-state index in [1.807, 2.05) is 0 Å². The van der Waals surface area contributed by atoms with Crippen molar-refractivity contribution in [3.05, 3.63) is 59.7 Å². The van der Waals surface area contributed by atoms with Gasteiger partial charge in [0, 0.05) is 25.0 Å². The number of aliphatic hydroxyl groups is 2. The number of methoxy groups -OCH3 is 4. The Morgan fingerprint density at radius 3 is 1.93 bits per heavy atom. The average Bonchev–Trinajstić information content (AvgIpc) is 2.96. The van der Waals surface area contributed by atoms with Gasteiger partial charge in [0.1, 0.15) is 6.10 Å². The van der Waals surface area contributed by atoms with Crippen LogP contribution in [0.4, 0.5) is 0 Å². The number of phenols is 1. The first-order valence-electron chi connectivity index (χ1n) is 12.4. The van der Waals surface area contributed by atoms with Crippen LogP contribution in [0.15, 0.2) is 48.6 Å². The largest absolute Gasteiger partial charge is 0.504 e. The van der Waals surface area contributed by atoms with Crippen molar-refractivity contribution in [2.75, 3.05) is 28.4 Å². The highest BCUT2D eigenvalue weighted by Gasteiger charge is 2.52. The van der Waals surface area contributed by atoms with E-state index in [-0.39, 0.29) is 11.5 Å². The maximum absolute atomic E-state index is 12.7. The van der Waals surface area contributed by atoms with Gasteiger partial charge in [-0.05, 0) is 47.5 Å². The molecule has 3 N–H and O–H groups in total. The average molecular weight is 573 g/mol. The van der Waals surface area contributed by atoms with Crippen LogP contribution < -0.4 is 14.2 Å². The van der Waals surface area contributed by atoms with Gasteiger partial charge in [0.25, 0.3) is 0 Å². The Hall–Kier alpha value is -4.55. The summed E-state index contributed by atoms with van der Waals surface area (Å²) in [6.45, 7) is 0. The molecule has 4 atom stereocenters. The highest BCUT2D eigenvalue weighted by atomic mass is 16.6. The van der Waals surface area contributed by atoms with Crippen molar-refractivity contribution in [3.63, 3.8) is 0 Å². The minimum absolute atomic E-state index is 0.144. The van der Waals surface area contributed by atoms with E-state index in [9.17, 15) is 29.7 Å². The highest BCUT2D eigenvalue weighted by Crippen LogP contribution is 2.34. The number of phenolic OH excluding ortho intramolecular Hbond substituents is 1. The second-order valence-corrected chi connectivity index (χ2v) is 9.09. The zero-order valence-corrected chi connectivity index (χ0v) is 22.9. The lowest BCUT2D eigenvalue weighted by Gasteiger charge is -2.41. The zero-order valence-electron chi connectivity index (χ0n) is 22.9. The van der Waals surface area contributed by atoms with Gasteiger partial charge in [-0.25, -0.2) is 14.4 Å². The Bertz CT molecular complexity index is 1320. The summed E-state index contributed by atoms with van der Waals surface area (Å²) in [6, 6.07) is 9.40. The van der Waals surface area contributed by atoms with Crippen molar-refractivity contribution < 1.29 is 58.1 Å². The molecule has 12 heteroatoms. The number of esters is 3. The lowest BCUT2D eigenvalue weighted by Crippen LogP contribution is -2.58. The van der Waals surface area contributed by atoms with Crippen LogP contribution in [0, 0.1) is 0 Å². The Balaban J connectivity index is 1.77. The molecule has 1 aliphatic rings. The van der Waals surface area contributed by atoms with Gasteiger partial charge < -0.3 is 43.7 Å². The zero-order chi connectivity index (χ0) is 30.2. The van der Waals surface area contributed by atoms with Crippen molar-refractivity contribution >= 4 is 30.1 Å². The fourth-order valence-corrected chi connectivity index (χ4v) is 4.32. The summed E-state index contributed by atoms with van der Waals surface area (Å²) in [5.41, 5.74) is -1.16. The van der Waals surface area contributed by atoms with Crippen molar-refractivity contribution in [1.29, 1.82) is 0 Å². The number of aromatic hydroxyl groups is 1. The minimum Gasteiger partial charge on any atom is -0.504 e. The standard InChI is InChI=1S/C29H32O12/c1-36-21-9-5-17(13-19(21)30)7-11-25(32)40-24-16-29(35,28(34)39-4)15-20(31)27(24)41-26(33)12-8-18-6-10-22(37-2)23(14-18)38-3/h5-14,20,24,27,30-31,35H,15-16H2,1-4H3/b11-7+,12-8+/t20-,24-,27+,29-/m1/s1. The molecule has 0 aromatic heterocycles. The number of carbonyl (C=O) groups is 3. The molecule has 0 heterocycles. The smallest absolute Gasteiger partial charge is 0.338 e. The number of rotatable bonds is 10. The van der Waals surface area contributed by atoms with Crippen molar-refractivity contribution in [1.82, 2.24) is 0 Å². The van der Waals surface area contributed by atoms with Gasteiger partial charge in [-0.1, -0.05) is 12.1 Å². The van der Waals surface area contributed by atoms with E-state index in [4.69, 9.17) is 23.7 Å². The Labute approximate surface area is 236 Å². The summed E-state index contributed by atoms with van der Waals surface area (Å²) in [5, 5.41) is 31.5. The summed E-state index contributed by atoms with van der Waals surface area (Å²) < 4.78 is 30.9. The van der Waals surface area contributed by atoms with E-state index in [0.717, 1.165) is 19.3 Å². The maximum atomic E-state index is 12.7. The molecule has 0 bridgehead atoms. The van der Waals surface area contributed by atoms with Crippen LogP contribution in [0.25, 0.3) is 12.2 Å². The lowest BCUT2D eigenvalue weighted by atomic mass is 9.79. The van der Waals surface area contributed by atoms with Crippen molar-refractivity contribution in [2.24, 2.45) is 0 Å². The Morgan fingerprint density at radius 2 is 1.37 bits per heavy atom. The summed E-state index contributed by atoms with van der Waals surface area (Å²) in [7, 11) is 5.42. The van der Waals surface area contributed by atoms with E-state index in [1.54, 1.807) is 24.3 Å². The number of hydrogen-bond donors (Lipinski definition) is 3. The second-order valence-electron chi connectivity index (χ2n) is 9.09. The summed E-state index contributed by atoms with van der Waals surface area (Å²) in [4.78, 5) is 37.6. The third-order valence-corrected chi connectivity index (χ3v) is 6.35. The normalized spacial score (nSPS) is 22.2. The molecule has 12 nitrogen and oxygen atoms in total. The lowest BCUT2D eigenvalue weighted by molar-refractivity contribution is -0.206. The van der Waals surface area contributed by atoms with E-state index >= 15 is 0 Å². The molecule has 2 aromatic rings. The van der Waals surface area contributed by atoms with E-state index < -0.39 is 54.7 Å². The maximum Gasteiger partial charge on any atom is 0.338 e. The number of carbonyl (C=O) groups excluding carboxylic acids is 3. The van der Waals surface area contributed by atoms with Crippen LogP contribution in [0.2, 0.25) is 0 Å². The first kappa shape index (κ1) is 31.0. The van der Waals surface area contributed by atoms with Gasteiger partial charge in [-0.3, -0.25) is 0 Å². The van der Waals surface area contributed by atoms with Gasteiger partial charge in [0.05, 0.1) is 34.5 Å². The van der Waals surface area contributed by atoms with Crippen molar-refractivity contribution in [2.45, 2.75) is 36.8 Å². The summed E-state index contributed by atoms with van der Waals surface area (Å²) in [5.74, 6) is -1.80. The van der Waals surface area contributed by atoms with Gasteiger partial charge in [-0.2, -0.15) is 0 Å². The van der Waals surface area contributed by atoms with Gasteiger partial charge in [0.15, 0.2) is 34.7 Å². The Morgan fingerprint density at radius 1 is 0.805 bits per heavy atom. The van der Waals surface area contributed by atoms with E-state index in [2.05, 4.69) is 4.74 Å². The van der Waals surface area contributed by atoms with Crippen LogP contribution >= 0.6 is 0 Å². The van der Waals surface area contributed by atoms with Crippen LogP contribution in [0.5, 0.6) is 23.0 Å². The SMILES string of the molecule is COC(=O)[C@@]1(O)C[C@@H](O)[C@H](OC(=O)/C=C/c2ccc(OC)c(OC)c2)[C@H](OC(=O)/C=C/c2ccc(OC)c(O)c2)C1. The third-order valence-electron chi connectivity index (χ3n) is 6.35. The van der Waals surface area contributed by atoms with Gasteiger partial charge in [0.2, 0.25) is 0 Å². The summed E-state index contributed by atoms with van der Waals surface area (Å²) >= 11 is 0. The molecule has 0 saturated heterocycles. The predicted octanol–water partition coefficient (Wildman–Crippen LogP) is 2.03. The molecule has 0 amide bonds. The monoisotopic (exact) mass is 572 g/mol. The molecule has 0 spiro atoms. The molecular formula is C29H32O12. The quantitative estimate of drug-likeness (QED) is 0.216. The van der Waals surface area contributed by atoms with Crippen LogP contribution in [-0.2, 0) is 28.6 Å². The molecular weight excluding hydrogens is 540 g/mol. The molecule has 0 unspecified atom stereocenters. The van der Waals surface area contributed by atoms with Crippen LogP contribution in [0.3, 0.4) is 0 Å². The first-order chi connectivity index (χ1) is 19.5. The van der Waals surface area contributed by atoms with Crippen LogP contribution in [0.1, 0.15) is 24.0 Å². The van der Waals surface area contributed by atoms with E-state index in [1.165, 1.54) is 45.6 Å². The number of ether oxygens (including phenoxy) is 6. The molecule has 1 saturated carbocycles. The fraction of sp³-hybridized carbons (Fsp3) is 0.345. The predicted molar refractivity (Wildman–Crippen MR) is 144 cm³/mol. The number of benzene rings is 2. The third kappa shape index (κ3) is 7.77. The van der Waals surface area contributed by atoms with Crippen LogP contribution in [-0.4, -0.2) is 85.6 Å². The number of aliphatic hydroxyl groups excluding tert-OH is 1. The molecule has 41 heavy (non-hydrogen) atoms. The first-order valence-corrected chi connectivity index (χ1v) is 12.4. The number of hydrogen-bond acceptors (Lipinski definition) is 12. The molecule has 2 aromatic carbocycles. The summed E-state index contributed by atoms with van der Waals surface area (Å²) in [6.07, 6.45) is -0.500. The molecule has 1 aliphatic carbocycles. The molecule has 220 valence electrons. The van der Waals surface area contributed by atoms with Crippen molar-refractivity contribution in [3.8, 4) is 23.0 Å². The topological polar surface area (TPSA) is 167 Å². The van der Waals surface area contributed by atoms with Gasteiger partial charge in [-0.15, -0.1) is 0 Å². The molecule has 1 fully saturated rings. The Kier molecular flexibility index (Phi) is 10.3. The minimum atomic E-state index is -2.19. The molecule has 0 aliphatic heterocycles. The fourth-order valence-electron chi connectivity index (χ4n) is 4.32. The highest BCUT2D eigenvalue weighted by molar-refractivity contribution is 5.88. The molecule has 3 rings (SSSR count). The molecule has 0 radical (unpaired) electrons. The second kappa shape index (κ2) is 13.7. The van der Waals surface area contributed by atoms with Gasteiger partial charge >= 0.3 is 17.9 Å². The van der Waals surface area contributed by atoms with E-state index in [0.29, 0.717) is 22.6 Å².